The Bertz CT molecular complexity index is 934. The van der Waals surface area contributed by atoms with Crippen LogP contribution in [-0.2, 0) is 11.3 Å². The fourth-order valence-electron chi connectivity index (χ4n) is 4.59. The van der Waals surface area contributed by atoms with Gasteiger partial charge in [-0.2, -0.15) is 0 Å². The van der Waals surface area contributed by atoms with Crippen LogP contribution in [0.1, 0.15) is 48.8 Å². The van der Waals surface area contributed by atoms with Crippen LogP contribution in [0.25, 0.3) is 0 Å². The van der Waals surface area contributed by atoms with E-state index in [0.717, 1.165) is 61.2 Å². The molecule has 0 spiro atoms. The van der Waals surface area contributed by atoms with Gasteiger partial charge in [0.1, 0.15) is 0 Å². The first-order chi connectivity index (χ1) is 14.5. The normalized spacial score (nSPS) is 17.5. The molecule has 2 aromatic rings. The molecule has 3 amide bonds. The zero-order chi connectivity index (χ0) is 21.1. The van der Waals surface area contributed by atoms with E-state index in [4.69, 9.17) is 0 Å². The first-order valence-electron chi connectivity index (χ1n) is 11.0. The summed E-state index contributed by atoms with van der Waals surface area (Å²) in [6.45, 7) is 6.10. The van der Waals surface area contributed by atoms with Crippen molar-refractivity contribution in [3.63, 3.8) is 0 Å². The number of aryl methyl sites for hydroxylation is 2. The van der Waals surface area contributed by atoms with Crippen molar-refractivity contribution in [2.24, 2.45) is 5.92 Å². The molecule has 0 radical (unpaired) electrons. The minimum absolute atomic E-state index is 0.00275. The number of carbonyl (C=O) groups is 2. The summed E-state index contributed by atoms with van der Waals surface area (Å²) < 4.78 is 0. The van der Waals surface area contributed by atoms with Crippen molar-refractivity contribution in [2.75, 3.05) is 23.3 Å². The predicted octanol–water partition coefficient (Wildman–Crippen LogP) is 5.26. The highest BCUT2D eigenvalue weighted by molar-refractivity contribution is 6.01. The minimum atomic E-state index is 0.00275. The topological polar surface area (TPSA) is 52.6 Å². The molecule has 5 nitrogen and oxygen atoms in total. The molecule has 1 aliphatic heterocycles. The number of benzene rings is 2. The van der Waals surface area contributed by atoms with Crippen LogP contribution in [0.5, 0.6) is 0 Å². The van der Waals surface area contributed by atoms with Gasteiger partial charge in [-0.25, -0.2) is 4.79 Å². The number of carbonyl (C=O) groups excluding carboxylic acids is 2. The predicted molar refractivity (Wildman–Crippen MR) is 121 cm³/mol. The highest BCUT2D eigenvalue weighted by atomic mass is 16.2. The molecule has 5 heteroatoms. The van der Waals surface area contributed by atoms with Gasteiger partial charge >= 0.3 is 6.03 Å². The molecule has 2 fully saturated rings. The van der Waals surface area contributed by atoms with E-state index in [2.05, 4.69) is 30.4 Å². The smallest absolute Gasteiger partial charge is 0.324 e. The standard InChI is InChI=1S/C25H31N3O2/c1-18-7-5-8-20(15-18)17-27-13-6-14-28(25(27)30)23-12-11-19(2)16-22(23)26-24(29)21-9-3-4-10-21/h5,7-8,11-12,15-16,21H,3-4,6,9-10,13-14,17H2,1-2H3,(H,26,29). The quantitative estimate of drug-likeness (QED) is 0.737. The van der Waals surface area contributed by atoms with Crippen LogP contribution in [0.15, 0.2) is 42.5 Å². The number of amides is 3. The highest BCUT2D eigenvalue weighted by Gasteiger charge is 2.30. The zero-order valence-electron chi connectivity index (χ0n) is 18.0. The molecule has 1 saturated carbocycles. The van der Waals surface area contributed by atoms with E-state index in [1.54, 1.807) is 0 Å². The molecule has 1 aliphatic carbocycles. The van der Waals surface area contributed by atoms with Crippen LogP contribution in [-0.4, -0.2) is 29.9 Å². The van der Waals surface area contributed by atoms with Crippen LogP contribution >= 0.6 is 0 Å². The summed E-state index contributed by atoms with van der Waals surface area (Å²) in [5.41, 5.74) is 4.96. The van der Waals surface area contributed by atoms with E-state index < -0.39 is 0 Å². The summed E-state index contributed by atoms with van der Waals surface area (Å²) in [6.07, 6.45) is 5.07. The average Bonchev–Trinajstić information content (AvgIpc) is 3.25. The van der Waals surface area contributed by atoms with Gasteiger partial charge in [-0.1, -0.05) is 48.7 Å². The van der Waals surface area contributed by atoms with Gasteiger partial charge in [0.25, 0.3) is 0 Å². The fraction of sp³-hybridized carbons (Fsp3) is 0.440. The molecule has 2 aliphatic rings. The molecule has 1 heterocycles. The molecular weight excluding hydrogens is 374 g/mol. The van der Waals surface area contributed by atoms with Crippen LogP contribution in [0.3, 0.4) is 0 Å². The maximum Gasteiger partial charge on any atom is 0.324 e. The van der Waals surface area contributed by atoms with Crippen molar-refractivity contribution < 1.29 is 9.59 Å². The molecule has 158 valence electrons. The Morgan fingerprint density at radius 1 is 1.00 bits per heavy atom. The number of hydrogen-bond donors (Lipinski definition) is 1. The van der Waals surface area contributed by atoms with Gasteiger partial charge in [0.2, 0.25) is 5.91 Å². The summed E-state index contributed by atoms with van der Waals surface area (Å²) in [4.78, 5) is 29.8. The number of rotatable bonds is 5. The molecule has 30 heavy (non-hydrogen) atoms. The lowest BCUT2D eigenvalue weighted by atomic mass is 10.1. The Hall–Kier alpha value is -2.82. The van der Waals surface area contributed by atoms with Crippen molar-refractivity contribution in [3.8, 4) is 0 Å². The molecule has 0 aromatic heterocycles. The number of nitrogens with one attached hydrogen (secondary N) is 1. The van der Waals surface area contributed by atoms with E-state index in [9.17, 15) is 9.59 Å². The second-order valence-corrected chi connectivity index (χ2v) is 8.69. The Balaban J connectivity index is 1.54. The molecule has 0 atom stereocenters. The van der Waals surface area contributed by atoms with Crippen LogP contribution in [0.4, 0.5) is 16.2 Å². The summed E-state index contributed by atoms with van der Waals surface area (Å²) in [7, 11) is 0. The van der Waals surface area contributed by atoms with Crippen molar-refractivity contribution >= 4 is 23.3 Å². The van der Waals surface area contributed by atoms with Gasteiger partial charge in [-0.3, -0.25) is 9.69 Å². The molecular formula is C25H31N3O2. The second-order valence-electron chi connectivity index (χ2n) is 8.69. The first kappa shape index (κ1) is 20.5. The van der Waals surface area contributed by atoms with E-state index in [-0.39, 0.29) is 17.9 Å². The van der Waals surface area contributed by atoms with Crippen molar-refractivity contribution in [2.45, 2.75) is 52.5 Å². The van der Waals surface area contributed by atoms with Crippen molar-refractivity contribution in [3.05, 3.63) is 59.2 Å². The van der Waals surface area contributed by atoms with E-state index >= 15 is 0 Å². The first-order valence-corrected chi connectivity index (χ1v) is 11.0. The van der Waals surface area contributed by atoms with Crippen LogP contribution < -0.4 is 10.2 Å². The fourth-order valence-corrected chi connectivity index (χ4v) is 4.59. The SMILES string of the molecule is Cc1cccc(CN2CCCN(c3ccc(C)cc3NC(=O)C3CCCC3)C2=O)c1. The lowest BCUT2D eigenvalue weighted by molar-refractivity contribution is -0.119. The van der Waals surface area contributed by atoms with Crippen molar-refractivity contribution in [1.29, 1.82) is 0 Å². The molecule has 4 rings (SSSR count). The maximum atomic E-state index is 13.3. The average molecular weight is 406 g/mol. The molecule has 1 saturated heterocycles. The van der Waals surface area contributed by atoms with E-state index in [1.165, 1.54) is 5.56 Å². The monoisotopic (exact) mass is 405 g/mol. The Kier molecular flexibility index (Phi) is 6.07. The molecule has 2 aromatic carbocycles. The second kappa shape index (κ2) is 8.90. The van der Waals surface area contributed by atoms with Crippen molar-refractivity contribution in [1.82, 2.24) is 4.90 Å². The summed E-state index contributed by atoms with van der Waals surface area (Å²) in [6, 6.07) is 14.3. The summed E-state index contributed by atoms with van der Waals surface area (Å²) in [5, 5.41) is 3.13. The number of hydrogen-bond acceptors (Lipinski definition) is 2. The van der Waals surface area contributed by atoms with Gasteiger partial charge in [-0.15, -0.1) is 0 Å². The number of anilines is 2. The van der Waals surface area contributed by atoms with Crippen LogP contribution in [0.2, 0.25) is 0 Å². The third kappa shape index (κ3) is 4.50. The molecule has 0 unspecified atom stereocenters. The molecule has 1 N–H and O–H groups in total. The van der Waals surface area contributed by atoms with Gasteiger partial charge in [0, 0.05) is 25.6 Å². The Labute approximate surface area is 179 Å². The van der Waals surface area contributed by atoms with E-state index in [1.807, 2.05) is 41.0 Å². The zero-order valence-corrected chi connectivity index (χ0v) is 18.0. The van der Waals surface area contributed by atoms with Gasteiger partial charge in [0.15, 0.2) is 0 Å². The Morgan fingerprint density at radius 2 is 1.77 bits per heavy atom. The Morgan fingerprint density at radius 3 is 2.53 bits per heavy atom. The molecule has 0 bridgehead atoms. The van der Waals surface area contributed by atoms with Crippen LogP contribution in [0, 0.1) is 19.8 Å². The van der Waals surface area contributed by atoms with Gasteiger partial charge in [-0.05, 0) is 56.4 Å². The maximum absolute atomic E-state index is 13.3. The number of urea groups is 1. The lowest BCUT2D eigenvalue weighted by Gasteiger charge is -2.36. The number of nitrogens with zero attached hydrogens (tertiary/aromatic N) is 2. The summed E-state index contributed by atoms with van der Waals surface area (Å²) in [5.74, 6) is 0.175. The van der Waals surface area contributed by atoms with E-state index in [0.29, 0.717) is 13.1 Å². The largest absolute Gasteiger partial charge is 0.324 e. The highest BCUT2D eigenvalue weighted by Crippen LogP contribution is 2.32. The lowest BCUT2D eigenvalue weighted by Crippen LogP contribution is -2.49. The minimum Gasteiger partial charge on any atom is -0.324 e. The summed E-state index contributed by atoms with van der Waals surface area (Å²) >= 11 is 0. The third-order valence-electron chi connectivity index (χ3n) is 6.19. The van der Waals surface area contributed by atoms with Gasteiger partial charge in [0.05, 0.1) is 11.4 Å². The third-order valence-corrected chi connectivity index (χ3v) is 6.19. The van der Waals surface area contributed by atoms with Gasteiger partial charge < -0.3 is 10.2 Å².